The Morgan fingerprint density at radius 1 is 0.348 bits per heavy atom. The van der Waals surface area contributed by atoms with Gasteiger partial charge >= 0.3 is 6.18 Å². The van der Waals surface area contributed by atoms with Crippen molar-refractivity contribution in [1.82, 2.24) is 14.5 Å². The molecule has 13 aromatic rings. The maximum Gasteiger partial charge on any atom is 0.416 e. The van der Waals surface area contributed by atoms with Crippen LogP contribution in [-0.4, -0.2) is 14.5 Å². The monoisotopic (exact) mass is 873 g/mol. The number of hydrogen-bond donors (Lipinski definition) is 0. The second-order valence-electron chi connectivity index (χ2n) is 16.8. The van der Waals surface area contributed by atoms with E-state index in [4.69, 9.17) is 9.97 Å². The molecule has 0 atom stereocenters. The van der Waals surface area contributed by atoms with Crippen LogP contribution in [0.2, 0.25) is 0 Å². The Morgan fingerprint density at radius 2 is 0.879 bits per heavy atom. The van der Waals surface area contributed by atoms with Gasteiger partial charge in [0, 0.05) is 48.1 Å². The smallest absolute Gasteiger partial charge is 0.294 e. The third-order valence-corrected chi connectivity index (χ3v) is 14.2. The summed E-state index contributed by atoms with van der Waals surface area (Å²) in [5, 5.41) is 11.3. The summed E-state index contributed by atoms with van der Waals surface area (Å²) in [5.74, 6) is 1.30. The fourth-order valence-electron chi connectivity index (χ4n) is 9.85. The lowest BCUT2D eigenvalue weighted by Crippen LogP contribution is -2.04. The molecule has 0 aliphatic rings. The first kappa shape index (κ1) is 38.3. The molecule has 10 aromatic carbocycles. The summed E-state index contributed by atoms with van der Waals surface area (Å²) in [6, 6.07) is 69.2. The molecule has 312 valence electrons. The topological polar surface area (TPSA) is 30.7 Å². The summed E-state index contributed by atoms with van der Waals surface area (Å²) in [5.41, 5.74) is 7.69. The fraction of sp³-hybridized carbons (Fsp3) is 0.0169. The van der Waals surface area contributed by atoms with Gasteiger partial charge in [-0.15, -0.1) is 11.3 Å². The number of halogens is 3. The van der Waals surface area contributed by atoms with Gasteiger partial charge < -0.3 is 0 Å². The van der Waals surface area contributed by atoms with Gasteiger partial charge in [0.05, 0.1) is 22.3 Å². The first-order valence-electron chi connectivity index (χ1n) is 21.8. The predicted molar refractivity (Wildman–Crippen MR) is 269 cm³/mol. The van der Waals surface area contributed by atoms with Crippen LogP contribution in [0.4, 0.5) is 13.2 Å². The van der Waals surface area contributed by atoms with E-state index < -0.39 is 11.7 Å². The molecule has 0 aliphatic carbocycles. The fourth-order valence-corrected chi connectivity index (χ4v) is 11.0. The third-order valence-electron chi connectivity index (χ3n) is 13.0. The average molecular weight is 874 g/mol. The van der Waals surface area contributed by atoms with Crippen molar-refractivity contribution in [2.45, 2.75) is 6.18 Å². The zero-order valence-corrected chi connectivity index (χ0v) is 35.8. The molecule has 66 heavy (non-hydrogen) atoms. The van der Waals surface area contributed by atoms with Gasteiger partial charge in [0.25, 0.3) is 0 Å². The Hall–Kier alpha value is -8.13. The van der Waals surface area contributed by atoms with E-state index in [0.717, 1.165) is 88.8 Å². The minimum atomic E-state index is -4.42. The highest BCUT2D eigenvalue weighted by atomic mass is 32.1. The van der Waals surface area contributed by atoms with Crippen molar-refractivity contribution < 1.29 is 13.2 Å². The lowest BCUT2D eigenvalue weighted by molar-refractivity contribution is -0.137. The largest absolute Gasteiger partial charge is 0.416 e. The number of alkyl halides is 3. The summed E-state index contributed by atoms with van der Waals surface area (Å²) in [6.45, 7) is 0. The molecule has 0 aliphatic heterocycles. The molecule has 0 N–H and O–H groups in total. The molecule has 0 unspecified atom stereocenters. The Bertz CT molecular complexity index is 4020. The van der Waals surface area contributed by atoms with Gasteiger partial charge in [-0.3, -0.25) is 4.57 Å². The highest BCUT2D eigenvalue weighted by molar-refractivity contribution is 7.25. The normalized spacial score (nSPS) is 12.2. The standard InChI is InChI=1S/C59H34F3N3S/c60-59(61,62)41-24-19-35(20-25-41)38-23-28-53-50(30-38)51-32-48-43-16-8-7-15-42(43)47-29-39(40-22-27-46-45-17-9-10-18-55(45)66-56(46)31-40)21-26-44(47)49(48)33-54(51)65(53)57-34-52(36-11-3-1-4-12-36)63-58(64-57)37-13-5-2-6-14-37/h1-34H. The van der Waals surface area contributed by atoms with Crippen LogP contribution in [0.15, 0.2) is 206 Å². The Balaban J connectivity index is 1.09. The lowest BCUT2D eigenvalue weighted by Gasteiger charge is -2.14. The number of benzene rings is 10. The highest BCUT2D eigenvalue weighted by Gasteiger charge is 2.30. The number of hydrogen-bond acceptors (Lipinski definition) is 3. The van der Waals surface area contributed by atoms with E-state index >= 15 is 0 Å². The van der Waals surface area contributed by atoms with Gasteiger partial charge in [-0.25, -0.2) is 9.97 Å². The van der Waals surface area contributed by atoms with Crippen molar-refractivity contribution in [1.29, 1.82) is 0 Å². The van der Waals surface area contributed by atoms with Gasteiger partial charge in [0.1, 0.15) is 5.82 Å². The highest BCUT2D eigenvalue weighted by Crippen LogP contribution is 2.44. The molecule has 0 fully saturated rings. The first-order valence-corrected chi connectivity index (χ1v) is 22.6. The maximum absolute atomic E-state index is 13.6. The van der Waals surface area contributed by atoms with Crippen LogP contribution >= 0.6 is 11.3 Å². The van der Waals surface area contributed by atoms with Gasteiger partial charge in [-0.2, -0.15) is 13.2 Å². The minimum absolute atomic E-state index is 0.599. The Kier molecular flexibility index (Phi) is 8.54. The van der Waals surface area contributed by atoms with E-state index in [1.807, 2.05) is 72.0 Å². The van der Waals surface area contributed by atoms with E-state index in [0.29, 0.717) is 17.2 Å². The average Bonchev–Trinajstić information content (AvgIpc) is 3.90. The van der Waals surface area contributed by atoms with Gasteiger partial charge in [-0.1, -0.05) is 146 Å². The van der Waals surface area contributed by atoms with Crippen LogP contribution in [0.1, 0.15) is 5.56 Å². The molecular formula is C59H34F3N3S. The molecule has 7 heteroatoms. The number of fused-ring (bicyclic) bond motifs is 12. The summed E-state index contributed by atoms with van der Waals surface area (Å²) in [6.07, 6.45) is -4.42. The van der Waals surface area contributed by atoms with Crippen molar-refractivity contribution in [3.63, 3.8) is 0 Å². The first-order chi connectivity index (χ1) is 32.3. The molecular weight excluding hydrogens is 840 g/mol. The Morgan fingerprint density at radius 3 is 1.62 bits per heavy atom. The third kappa shape index (κ3) is 6.19. The lowest BCUT2D eigenvalue weighted by atomic mass is 9.91. The van der Waals surface area contributed by atoms with Crippen LogP contribution in [0.25, 0.3) is 125 Å². The number of aromatic nitrogens is 3. The molecule has 3 heterocycles. The Labute approximate surface area is 380 Å². The molecule has 0 amide bonds. The number of thiophene rings is 1. The number of rotatable bonds is 5. The van der Waals surface area contributed by atoms with Crippen LogP contribution in [-0.2, 0) is 6.18 Å². The van der Waals surface area contributed by atoms with Crippen molar-refractivity contribution in [3.05, 3.63) is 212 Å². The quantitative estimate of drug-likeness (QED) is 0.161. The predicted octanol–water partition coefficient (Wildman–Crippen LogP) is 17.1. The zero-order valence-electron chi connectivity index (χ0n) is 35.0. The maximum atomic E-state index is 13.6. The summed E-state index contributed by atoms with van der Waals surface area (Å²) < 4.78 is 45.7. The van der Waals surface area contributed by atoms with Crippen LogP contribution in [0.3, 0.4) is 0 Å². The van der Waals surface area contributed by atoms with Crippen molar-refractivity contribution >= 4 is 85.6 Å². The summed E-state index contributed by atoms with van der Waals surface area (Å²) in [4.78, 5) is 10.4. The van der Waals surface area contributed by atoms with E-state index in [1.165, 1.54) is 31.1 Å². The molecule has 0 saturated heterocycles. The molecule has 0 radical (unpaired) electrons. The molecule has 3 nitrogen and oxygen atoms in total. The van der Waals surface area contributed by atoms with Crippen molar-refractivity contribution in [2.75, 3.05) is 0 Å². The van der Waals surface area contributed by atoms with E-state index in [9.17, 15) is 13.2 Å². The zero-order chi connectivity index (χ0) is 44.1. The van der Waals surface area contributed by atoms with Crippen molar-refractivity contribution in [2.24, 2.45) is 0 Å². The summed E-state index contributed by atoms with van der Waals surface area (Å²) in [7, 11) is 0. The minimum Gasteiger partial charge on any atom is -0.294 e. The molecule has 0 spiro atoms. The van der Waals surface area contributed by atoms with Gasteiger partial charge in [0.2, 0.25) is 0 Å². The van der Waals surface area contributed by atoms with Crippen LogP contribution in [0, 0.1) is 0 Å². The molecule has 3 aromatic heterocycles. The van der Waals surface area contributed by atoms with E-state index in [1.54, 1.807) is 12.1 Å². The van der Waals surface area contributed by atoms with Crippen LogP contribution < -0.4 is 0 Å². The molecule has 13 rings (SSSR count). The van der Waals surface area contributed by atoms with Gasteiger partial charge in [0.15, 0.2) is 5.82 Å². The van der Waals surface area contributed by atoms with E-state index in [-0.39, 0.29) is 0 Å². The van der Waals surface area contributed by atoms with E-state index in [2.05, 4.69) is 126 Å². The van der Waals surface area contributed by atoms with Crippen molar-refractivity contribution in [3.8, 4) is 50.7 Å². The van der Waals surface area contributed by atoms with Gasteiger partial charge in [-0.05, 0) is 109 Å². The molecule has 0 bridgehead atoms. The van der Waals surface area contributed by atoms with Crippen LogP contribution in [0.5, 0.6) is 0 Å². The molecule has 0 saturated carbocycles. The second-order valence-corrected chi connectivity index (χ2v) is 17.9. The number of nitrogens with zero attached hydrogens (tertiary/aromatic N) is 3. The second kappa shape index (κ2) is 14.7. The SMILES string of the molecule is FC(F)(F)c1ccc(-c2ccc3c(c2)c2cc4c5ccccc5c5cc(-c6ccc7c(c6)sc6ccccc67)ccc5c4cc2n3-c2cc(-c3ccccc3)nc(-c3ccccc3)n2)cc1. The summed E-state index contributed by atoms with van der Waals surface area (Å²) >= 11 is 1.83.